The summed E-state index contributed by atoms with van der Waals surface area (Å²) in [6.45, 7) is 2.40. The molecule has 2 rings (SSSR count). The molecule has 1 fully saturated rings. The molecule has 1 aromatic carbocycles. The quantitative estimate of drug-likeness (QED) is 0.614. The maximum atomic E-state index is 11.9. The number of hydrogen-bond acceptors (Lipinski definition) is 4. The van der Waals surface area contributed by atoms with E-state index in [1.807, 2.05) is 0 Å². The van der Waals surface area contributed by atoms with Crippen LogP contribution in [0.15, 0.2) is 24.3 Å². The summed E-state index contributed by atoms with van der Waals surface area (Å²) in [7, 11) is 0. The zero-order valence-corrected chi connectivity index (χ0v) is 9.89. The highest BCUT2D eigenvalue weighted by molar-refractivity contribution is 5.98. The Morgan fingerprint density at radius 2 is 2.28 bits per heavy atom. The van der Waals surface area contributed by atoms with E-state index in [0.29, 0.717) is 12.5 Å². The van der Waals surface area contributed by atoms with E-state index in [4.69, 9.17) is 0 Å². The Bertz CT molecular complexity index is 456. The summed E-state index contributed by atoms with van der Waals surface area (Å²) in [5, 5.41) is 16.8. The molecule has 0 radical (unpaired) electrons. The van der Waals surface area contributed by atoms with Gasteiger partial charge in [0.2, 0.25) is 0 Å². The molecule has 1 unspecified atom stereocenters. The lowest BCUT2D eigenvalue weighted by Crippen LogP contribution is -2.30. The van der Waals surface area contributed by atoms with Gasteiger partial charge in [-0.3, -0.25) is 14.9 Å². The molecule has 0 spiro atoms. The Hall–Kier alpha value is -1.95. The third-order valence-electron chi connectivity index (χ3n) is 3.06. The molecule has 1 atom stereocenters. The molecule has 1 aliphatic rings. The number of nitro benzene ring substituents is 1. The number of carbonyl (C=O) groups excluding carboxylic acids is 1. The number of nitro groups is 1. The Balaban J connectivity index is 2.01. The summed E-state index contributed by atoms with van der Waals surface area (Å²) in [5.74, 6) is 0.0333. The van der Waals surface area contributed by atoms with Crippen molar-refractivity contribution in [3.8, 4) is 0 Å². The van der Waals surface area contributed by atoms with Crippen molar-refractivity contribution in [3.63, 3.8) is 0 Å². The van der Waals surface area contributed by atoms with Crippen molar-refractivity contribution in [3.05, 3.63) is 39.9 Å². The Morgan fingerprint density at radius 1 is 1.50 bits per heavy atom. The second-order valence-corrected chi connectivity index (χ2v) is 4.34. The molecule has 6 nitrogen and oxygen atoms in total. The summed E-state index contributed by atoms with van der Waals surface area (Å²) in [5.41, 5.74) is -0.0343. The molecule has 0 saturated carbocycles. The first-order valence-electron chi connectivity index (χ1n) is 5.91. The maximum absolute atomic E-state index is 11.9. The van der Waals surface area contributed by atoms with Crippen molar-refractivity contribution in [2.75, 3.05) is 19.6 Å². The van der Waals surface area contributed by atoms with Crippen LogP contribution in [-0.4, -0.2) is 30.5 Å². The number of amides is 1. The van der Waals surface area contributed by atoms with Crippen molar-refractivity contribution >= 4 is 11.6 Å². The fraction of sp³-hybridized carbons (Fsp3) is 0.417. The first kappa shape index (κ1) is 12.5. The highest BCUT2D eigenvalue weighted by atomic mass is 16.6. The van der Waals surface area contributed by atoms with Crippen LogP contribution < -0.4 is 10.6 Å². The minimum Gasteiger partial charge on any atom is -0.351 e. The topological polar surface area (TPSA) is 84.3 Å². The van der Waals surface area contributed by atoms with E-state index < -0.39 is 4.92 Å². The highest BCUT2D eigenvalue weighted by Gasteiger charge is 2.20. The lowest BCUT2D eigenvalue weighted by Gasteiger charge is -2.10. The van der Waals surface area contributed by atoms with Gasteiger partial charge in [0.15, 0.2) is 0 Å². The van der Waals surface area contributed by atoms with Gasteiger partial charge in [0.1, 0.15) is 5.56 Å². The second kappa shape index (κ2) is 5.59. The summed E-state index contributed by atoms with van der Waals surface area (Å²) < 4.78 is 0. The van der Waals surface area contributed by atoms with Gasteiger partial charge in [-0.15, -0.1) is 0 Å². The Morgan fingerprint density at radius 3 is 2.94 bits per heavy atom. The number of nitrogens with zero attached hydrogens (tertiary/aromatic N) is 1. The maximum Gasteiger partial charge on any atom is 0.282 e. The first-order chi connectivity index (χ1) is 8.68. The predicted molar refractivity (Wildman–Crippen MR) is 66.4 cm³/mol. The molecular weight excluding hydrogens is 234 g/mol. The molecule has 0 aromatic heterocycles. The molecule has 18 heavy (non-hydrogen) atoms. The monoisotopic (exact) mass is 249 g/mol. The molecular formula is C12H15N3O3. The van der Waals surface area contributed by atoms with Crippen molar-refractivity contribution < 1.29 is 9.72 Å². The largest absolute Gasteiger partial charge is 0.351 e. The SMILES string of the molecule is O=C(NCC1CCNC1)c1ccccc1[N+](=O)[O-]. The Labute approximate surface area is 105 Å². The van der Waals surface area contributed by atoms with Gasteiger partial charge in [-0.05, 0) is 31.5 Å². The standard InChI is InChI=1S/C12H15N3O3/c16-12(14-8-9-5-6-13-7-9)10-3-1-2-4-11(10)15(17)18/h1-4,9,13H,5-8H2,(H,14,16). The lowest BCUT2D eigenvalue weighted by atomic mass is 10.1. The van der Waals surface area contributed by atoms with Gasteiger partial charge in [0, 0.05) is 12.6 Å². The van der Waals surface area contributed by atoms with Crippen LogP contribution in [0.4, 0.5) is 5.69 Å². The molecule has 0 bridgehead atoms. The zero-order chi connectivity index (χ0) is 13.0. The average Bonchev–Trinajstić information content (AvgIpc) is 2.89. The number of nitrogens with one attached hydrogen (secondary N) is 2. The number of para-hydroxylation sites is 1. The van der Waals surface area contributed by atoms with Crippen molar-refractivity contribution in [2.45, 2.75) is 6.42 Å². The summed E-state index contributed by atoms with van der Waals surface area (Å²) in [4.78, 5) is 22.2. The number of benzene rings is 1. The highest BCUT2D eigenvalue weighted by Crippen LogP contribution is 2.17. The summed E-state index contributed by atoms with van der Waals surface area (Å²) >= 11 is 0. The van der Waals surface area contributed by atoms with Crippen molar-refractivity contribution in [2.24, 2.45) is 5.92 Å². The van der Waals surface area contributed by atoms with Crippen LogP contribution in [0.1, 0.15) is 16.8 Å². The first-order valence-corrected chi connectivity index (χ1v) is 5.91. The van der Waals surface area contributed by atoms with Crippen LogP contribution in [0.3, 0.4) is 0 Å². The van der Waals surface area contributed by atoms with Gasteiger partial charge in [0.05, 0.1) is 4.92 Å². The van der Waals surface area contributed by atoms with Crippen LogP contribution in [0, 0.1) is 16.0 Å². The van der Waals surface area contributed by atoms with E-state index in [9.17, 15) is 14.9 Å². The third-order valence-corrected chi connectivity index (χ3v) is 3.06. The fourth-order valence-corrected chi connectivity index (χ4v) is 2.05. The van der Waals surface area contributed by atoms with E-state index in [1.54, 1.807) is 12.1 Å². The predicted octanol–water partition coefficient (Wildman–Crippen LogP) is 0.934. The fourth-order valence-electron chi connectivity index (χ4n) is 2.05. The zero-order valence-electron chi connectivity index (χ0n) is 9.89. The lowest BCUT2D eigenvalue weighted by molar-refractivity contribution is -0.385. The Kier molecular flexibility index (Phi) is 3.88. The molecule has 0 aliphatic carbocycles. The third kappa shape index (κ3) is 2.84. The van der Waals surface area contributed by atoms with Crippen LogP contribution in [0.2, 0.25) is 0 Å². The van der Waals surface area contributed by atoms with Crippen molar-refractivity contribution in [1.29, 1.82) is 0 Å². The molecule has 6 heteroatoms. The summed E-state index contributed by atoms with van der Waals surface area (Å²) in [6.07, 6.45) is 1.02. The molecule has 1 aromatic rings. The van der Waals surface area contributed by atoms with Crippen LogP contribution in [-0.2, 0) is 0 Å². The second-order valence-electron chi connectivity index (χ2n) is 4.34. The van der Waals surface area contributed by atoms with Crippen LogP contribution >= 0.6 is 0 Å². The van der Waals surface area contributed by atoms with Gasteiger partial charge in [-0.25, -0.2) is 0 Å². The molecule has 1 amide bonds. The van der Waals surface area contributed by atoms with Gasteiger partial charge in [0.25, 0.3) is 11.6 Å². The molecule has 2 N–H and O–H groups in total. The van der Waals surface area contributed by atoms with E-state index in [1.165, 1.54) is 12.1 Å². The molecule has 1 saturated heterocycles. The van der Waals surface area contributed by atoms with Gasteiger partial charge < -0.3 is 10.6 Å². The van der Waals surface area contributed by atoms with Crippen molar-refractivity contribution in [1.82, 2.24) is 10.6 Å². The number of rotatable bonds is 4. The van der Waals surface area contributed by atoms with E-state index in [0.717, 1.165) is 19.5 Å². The van der Waals surface area contributed by atoms with E-state index in [-0.39, 0.29) is 17.2 Å². The van der Waals surface area contributed by atoms with Gasteiger partial charge in [-0.1, -0.05) is 12.1 Å². The van der Waals surface area contributed by atoms with E-state index in [2.05, 4.69) is 10.6 Å². The normalized spacial score (nSPS) is 18.6. The minimum absolute atomic E-state index is 0.119. The average molecular weight is 249 g/mol. The smallest absolute Gasteiger partial charge is 0.282 e. The summed E-state index contributed by atoms with van der Waals surface area (Å²) in [6, 6.07) is 5.99. The molecule has 1 heterocycles. The van der Waals surface area contributed by atoms with E-state index >= 15 is 0 Å². The minimum atomic E-state index is -0.536. The van der Waals surface area contributed by atoms with Crippen LogP contribution in [0.25, 0.3) is 0 Å². The van der Waals surface area contributed by atoms with Crippen LogP contribution in [0.5, 0.6) is 0 Å². The number of hydrogen-bond donors (Lipinski definition) is 2. The molecule has 96 valence electrons. The van der Waals surface area contributed by atoms with Gasteiger partial charge >= 0.3 is 0 Å². The molecule has 1 aliphatic heterocycles. The van der Waals surface area contributed by atoms with Gasteiger partial charge in [-0.2, -0.15) is 0 Å². The number of carbonyl (C=O) groups is 1.